The average Bonchev–Trinajstić information content (AvgIpc) is 2.88. The van der Waals surface area contributed by atoms with Crippen LogP contribution in [0.25, 0.3) is 0 Å². The number of ether oxygens (including phenoxy) is 1. The average molecular weight is 286 g/mol. The number of hydrogen-bond acceptors (Lipinski definition) is 2. The van der Waals surface area contributed by atoms with E-state index in [0.29, 0.717) is 17.0 Å². The van der Waals surface area contributed by atoms with Gasteiger partial charge in [-0.15, -0.1) is 0 Å². The highest BCUT2D eigenvalue weighted by Crippen LogP contribution is 2.37. The Bertz CT molecular complexity index is 432. The van der Waals surface area contributed by atoms with Crippen molar-refractivity contribution in [3.05, 3.63) is 34.6 Å². The van der Waals surface area contributed by atoms with Crippen molar-refractivity contribution in [3.8, 4) is 0 Å². The highest BCUT2D eigenvalue weighted by atomic mass is 35.5. The van der Waals surface area contributed by atoms with Crippen LogP contribution < -0.4 is 5.32 Å². The van der Waals surface area contributed by atoms with Crippen LogP contribution >= 0.6 is 11.6 Å². The van der Waals surface area contributed by atoms with Gasteiger partial charge in [0.1, 0.15) is 5.82 Å². The van der Waals surface area contributed by atoms with Crippen LogP contribution in [0, 0.1) is 5.82 Å². The van der Waals surface area contributed by atoms with E-state index >= 15 is 0 Å². The van der Waals surface area contributed by atoms with Gasteiger partial charge >= 0.3 is 0 Å². The van der Waals surface area contributed by atoms with E-state index in [0.717, 1.165) is 12.8 Å². The van der Waals surface area contributed by atoms with Crippen LogP contribution in [0.4, 0.5) is 4.39 Å². The summed E-state index contributed by atoms with van der Waals surface area (Å²) in [6.07, 6.45) is 5.03. The summed E-state index contributed by atoms with van der Waals surface area (Å²) in [5.41, 5.74) is 0.521. The third kappa shape index (κ3) is 3.10. The fourth-order valence-corrected chi connectivity index (χ4v) is 3.29. The zero-order chi connectivity index (χ0) is 13.9. The highest BCUT2D eigenvalue weighted by molar-refractivity contribution is 6.30. The standard InChI is InChI=1S/C15H21ClFNO/c1-18-14(15(19-2)7-3-4-8-15)9-11-5-6-12(16)10-13(11)17/h5-6,10,14,18H,3-4,7-9H2,1-2H3. The first kappa shape index (κ1) is 14.8. The van der Waals surface area contributed by atoms with E-state index in [1.807, 2.05) is 7.05 Å². The van der Waals surface area contributed by atoms with Crippen LogP contribution in [-0.4, -0.2) is 25.8 Å². The second kappa shape index (κ2) is 6.21. The number of nitrogens with one attached hydrogen (secondary N) is 1. The predicted octanol–water partition coefficient (Wildman–Crippen LogP) is 3.57. The molecule has 1 aromatic rings. The van der Waals surface area contributed by atoms with Crippen molar-refractivity contribution in [1.29, 1.82) is 0 Å². The summed E-state index contributed by atoms with van der Waals surface area (Å²) in [6.45, 7) is 0. The zero-order valence-corrected chi connectivity index (χ0v) is 12.3. The second-order valence-electron chi connectivity index (χ2n) is 5.26. The molecule has 106 valence electrons. The van der Waals surface area contributed by atoms with Gasteiger partial charge in [0.25, 0.3) is 0 Å². The maximum absolute atomic E-state index is 13.9. The second-order valence-corrected chi connectivity index (χ2v) is 5.69. The Labute approximate surface area is 119 Å². The minimum atomic E-state index is -0.239. The van der Waals surface area contributed by atoms with Crippen molar-refractivity contribution < 1.29 is 9.13 Å². The van der Waals surface area contributed by atoms with Crippen molar-refractivity contribution >= 4 is 11.6 Å². The molecule has 0 amide bonds. The van der Waals surface area contributed by atoms with Crippen LogP contribution in [0.1, 0.15) is 31.2 Å². The number of hydrogen-bond donors (Lipinski definition) is 1. The zero-order valence-electron chi connectivity index (χ0n) is 11.5. The third-order valence-corrected chi connectivity index (χ3v) is 4.51. The largest absolute Gasteiger partial charge is 0.377 e. The summed E-state index contributed by atoms with van der Waals surface area (Å²) in [5, 5.41) is 3.74. The molecule has 1 atom stereocenters. The summed E-state index contributed by atoms with van der Waals surface area (Å²) >= 11 is 5.79. The van der Waals surface area contributed by atoms with Crippen LogP contribution in [0.5, 0.6) is 0 Å². The fraction of sp³-hybridized carbons (Fsp3) is 0.600. The van der Waals surface area contributed by atoms with E-state index in [2.05, 4.69) is 5.32 Å². The molecular formula is C15H21ClFNO. The normalized spacial score (nSPS) is 19.6. The monoisotopic (exact) mass is 285 g/mol. The van der Waals surface area contributed by atoms with Gasteiger partial charge in [-0.3, -0.25) is 0 Å². The number of likely N-dealkylation sites (N-methyl/N-ethyl adjacent to an activating group) is 1. The minimum Gasteiger partial charge on any atom is -0.377 e. The van der Waals surface area contributed by atoms with Crippen molar-refractivity contribution in [2.75, 3.05) is 14.2 Å². The molecule has 2 nitrogen and oxygen atoms in total. The van der Waals surface area contributed by atoms with Crippen LogP contribution in [0.2, 0.25) is 5.02 Å². The summed E-state index contributed by atoms with van der Waals surface area (Å²) in [4.78, 5) is 0. The molecule has 1 saturated carbocycles. The molecular weight excluding hydrogens is 265 g/mol. The van der Waals surface area contributed by atoms with Crippen molar-refractivity contribution in [2.24, 2.45) is 0 Å². The van der Waals surface area contributed by atoms with Gasteiger partial charge in [0, 0.05) is 18.2 Å². The maximum Gasteiger partial charge on any atom is 0.127 e. The Hall–Kier alpha value is -0.640. The summed E-state index contributed by atoms with van der Waals surface area (Å²) in [6, 6.07) is 4.99. The van der Waals surface area contributed by atoms with E-state index in [9.17, 15) is 4.39 Å². The molecule has 0 aromatic heterocycles. The molecule has 1 aliphatic carbocycles. The van der Waals surface area contributed by atoms with E-state index < -0.39 is 0 Å². The molecule has 1 N–H and O–H groups in total. The maximum atomic E-state index is 13.9. The molecule has 0 saturated heterocycles. The van der Waals surface area contributed by atoms with E-state index in [1.54, 1.807) is 19.2 Å². The first-order valence-corrected chi connectivity index (χ1v) is 7.15. The predicted molar refractivity (Wildman–Crippen MR) is 76.2 cm³/mol. The molecule has 0 aliphatic heterocycles. The Morgan fingerprint density at radius 3 is 2.63 bits per heavy atom. The van der Waals surface area contributed by atoms with E-state index in [4.69, 9.17) is 16.3 Å². The molecule has 0 spiro atoms. The summed E-state index contributed by atoms with van der Waals surface area (Å²) in [7, 11) is 3.67. The van der Waals surface area contributed by atoms with Gasteiger partial charge in [-0.25, -0.2) is 4.39 Å². The van der Waals surface area contributed by atoms with Crippen LogP contribution in [-0.2, 0) is 11.2 Å². The first-order chi connectivity index (χ1) is 9.11. The fourth-order valence-electron chi connectivity index (χ4n) is 3.13. The number of rotatable bonds is 5. The van der Waals surface area contributed by atoms with Gasteiger partial charge in [0.05, 0.1) is 5.60 Å². The van der Waals surface area contributed by atoms with Gasteiger partial charge in [-0.2, -0.15) is 0 Å². The smallest absolute Gasteiger partial charge is 0.127 e. The molecule has 2 rings (SSSR count). The van der Waals surface area contributed by atoms with Crippen molar-refractivity contribution in [1.82, 2.24) is 5.32 Å². The van der Waals surface area contributed by atoms with Gasteiger partial charge in [0.2, 0.25) is 0 Å². The molecule has 1 aliphatic rings. The van der Waals surface area contributed by atoms with Gasteiger partial charge < -0.3 is 10.1 Å². The Kier molecular flexibility index (Phi) is 4.82. The summed E-state index contributed by atoms with van der Waals surface area (Å²) in [5.74, 6) is -0.239. The quantitative estimate of drug-likeness (QED) is 0.893. The molecule has 0 bridgehead atoms. The molecule has 0 radical (unpaired) electrons. The van der Waals surface area contributed by atoms with Crippen LogP contribution in [0.15, 0.2) is 18.2 Å². The molecule has 1 aromatic carbocycles. The molecule has 0 heterocycles. The molecule has 1 fully saturated rings. The first-order valence-electron chi connectivity index (χ1n) is 6.77. The number of benzene rings is 1. The Morgan fingerprint density at radius 1 is 1.42 bits per heavy atom. The third-order valence-electron chi connectivity index (χ3n) is 4.28. The lowest BCUT2D eigenvalue weighted by Crippen LogP contribution is -2.50. The van der Waals surface area contributed by atoms with Gasteiger partial charge in [-0.1, -0.05) is 30.5 Å². The Morgan fingerprint density at radius 2 is 2.11 bits per heavy atom. The Balaban J connectivity index is 2.18. The van der Waals surface area contributed by atoms with Crippen LogP contribution in [0.3, 0.4) is 0 Å². The number of halogens is 2. The SMILES string of the molecule is CNC(Cc1ccc(Cl)cc1F)C1(OC)CCCC1. The molecule has 4 heteroatoms. The van der Waals surface area contributed by atoms with Crippen molar-refractivity contribution in [3.63, 3.8) is 0 Å². The lowest BCUT2D eigenvalue weighted by Gasteiger charge is -2.36. The molecule has 19 heavy (non-hydrogen) atoms. The van der Waals surface area contributed by atoms with Crippen molar-refractivity contribution in [2.45, 2.75) is 43.7 Å². The topological polar surface area (TPSA) is 21.3 Å². The highest BCUT2D eigenvalue weighted by Gasteiger charge is 2.41. The van der Waals surface area contributed by atoms with Gasteiger partial charge in [-0.05, 0) is 44.0 Å². The summed E-state index contributed by atoms with van der Waals surface area (Å²) < 4.78 is 19.7. The molecule has 1 unspecified atom stereocenters. The van der Waals surface area contributed by atoms with E-state index in [1.165, 1.54) is 18.9 Å². The van der Waals surface area contributed by atoms with Gasteiger partial charge in [0.15, 0.2) is 0 Å². The number of methoxy groups -OCH3 is 1. The lowest BCUT2D eigenvalue weighted by molar-refractivity contribution is -0.0338. The minimum absolute atomic E-state index is 0.121. The van der Waals surface area contributed by atoms with E-state index in [-0.39, 0.29) is 17.5 Å². The lowest BCUT2D eigenvalue weighted by atomic mass is 9.87.